The highest BCUT2D eigenvalue weighted by Crippen LogP contribution is 2.38. The van der Waals surface area contributed by atoms with Crippen molar-refractivity contribution < 1.29 is 4.42 Å². The first-order valence-electron chi connectivity index (χ1n) is 6.11. The van der Waals surface area contributed by atoms with Crippen LogP contribution in [0, 0.1) is 6.92 Å². The monoisotopic (exact) mass is 301 g/mol. The molecule has 20 heavy (non-hydrogen) atoms. The molecule has 6 heteroatoms. The number of aromatic nitrogens is 2. The van der Waals surface area contributed by atoms with Crippen molar-refractivity contribution in [2.24, 2.45) is 0 Å². The molecule has 4 nitrogen and oxygen atoms in total. The first-order chi connectivity index (χ1) is 9.75. The Balaban J connectivity index is 2.04. The number of nitrogens with two attached hydrogens (primary N) is 1. The molecule has 4 rings (SSSR count). The van der Waals surface area contributed by atoms with Crippen molar-refractivity contribution in [3.63, 3.8) is 0 Å². The largest absolute Gasteiger partial charge is 0.463 e. The Bertz CT molecular complexity index is 870. The summed E-state index contributed by atoms with van der Waals surface area (Å²) in [5.74, 6) is 1.33. The fourth-order valence-corrected chi connectivity index (χ4v) is 4.20. The summed E-state index contributed by atoms with van der Waals surface area (Å²) in [5.41, 5.74) is 8.14. The normalized spacial score (nSPS) is 11.4. The van der Waals surface area contributed by atoms with Gasteiger partial charge in [-0.2, -0.15) is 0 Å². The number of imidazole rings is 1. The summed E-state index contributed by atoms with van der Waals surface area (Å²) in [4.78, 5) is 7.92. The number of anilines is 1. The van der Waals surface area contributed by atoms with Gasteiger partial charge in [-0.1, -0.05) is 6.07 Å². The average Bonchev–Trinajstić information content (AvgIpc) is 3.16. The van der Waals surface area contributed by atoms with Gasteiger partial charge < -0.3 is 10.2 Å². The molecule has 0 aliphatic carbocycles. The quantitative estimate of drug-likeness (QED) is 0.601. The molecule has 100 valence electrons. The minimum Gasteiger partial charge on any atom is -0.463 e. The number of thiazole rings is 1. The van der Waals surface area contributed by atoms with Gasteiger partial charge in [-0.3, -0.25) is 4.40 Å². The molecule has 0 bridgehead atoms. The van der Waals surface area contributed by atoms with E-state index in [1.54, 1.807) is 28.9 Å². The number of hydrogen-bond acceptors (Lipinski definition) is 5. The van der Waals surface area contributed by atoms with Gasteiger partial charge in [-0.25, -0.2) is 4.98 Å². The molecule has 0 atom stereocenters. The Hall–Kier alpha value is -2.05. The number of fused-ring (bicyclic) bond motifs is 1. The lowest BCUT2D eigenvalue weighted by Crippen LogP contribution is -1.95. The van der Waals surface area contributed by atoms with Gasteiger partial charge in [-0.05, 0) is 30.5 Å². The molecule has 4 aromatic heterocycles. The van der Waals surface area contributed by atoms with Crippen LogP contribution in [-0.2, 0) is 0 Å². The van der Waals surface area contributed by atoms with Crippen molar-refractivity contribution in [1.82, 2.24) is 9.38 Å². The summed E-state index contributed by atoms with van der Waals surface area (Å²) in [5, 5.41) is 2.07. The van der Waals surface area contributed by atoms with E-state index in [0.717, 1.165) is 10.7 Å². The summed E-state index contributed by atoms with van der Waals surface area (Å²) < 4.78 is 7.43. The fourth-order valence-electron chi connectivity index (χ4n) is 2.33. The molecule has 0 aromatic carbocycles. The zero-order valence-electron chi connectivity index (χ0n) is 10.7. The average molecular weight is 301 g/mol. The summed E-state index contributed by atoms with van der Waals surface area (Å²) in [6, 6.07) is 7.86. The molecule has 4 heterocycles. The van der Waals surface area contributed by atoms with E-state index in [4.69, 9.17) is 10.2 Å². The highest BCUT2D eigenvalue weighted by atomic mass is 32.1. The summed E-state index contributed by atoms with van der Waals surface area (Å²) in [6.07, 6.45) is 1.63. The van der Waals surface area contributed by atoms with Crippen LogP contribution in [0.25, 0.3) is 27.0 Å². The first-order valence-corrected chi connectivity index (χ1v) is 7.80. The molecule has 0 unspecified atom stereocenters. The van der Waals surface area contributed by atoms with Gasteiger partial charge in [0.1, 0.15) is 11.5 Å². The number of thiophene rings is 1. The molecule has 2 N–H and O–H groups in total. The molecule has 0 radical (unpaired) electrons. The van der Waals surface area contributed by atoms with E-state index in [9.17, 15) is 0 Å². The van der Waals surface area contributed by atoms with Crippen LogP contribution < -0.4 is 5.73 Å². The number of rotatable bonds is 2. The second kappa shape index (κ2) is 4.22. The zero-order chi connectivity index (χ0) is 13.7. The van der Waals surface area contributed by atoms with Gasteiger partial charge in [0.15, 0.2) is 10.7 Å². The number of aryl methyl sites for hydroxylation is 1. The zero-order valence-corrected chi connectivity index (χ0v) is 12.3. The molecular weight excluding hydrogens is 290 g/mol. The van der Waals surface area contributed by atoms with E-state index in [-0.39, 0.29) is 0 Å². The SMILES string of the molecule is Cc1sc2nc(-c3ccco3)c(N)n2c1-c1cccs1. The van der Waals surface area contributed by atoms with Crippen molar-refractivity contribution in [3.8, 4) is 22.0 Å². The third-order valence-corrected chi connectivity index (χ3v) is 5.03. The van der Waals surface area contributed by atoms with Gasteiger partial charge >= 0.3 is 0 Å². The Morgan fingerprint density at radius 2 is 2.20 bits per heavy atom. The van der Waals surface area contributed by atoms with Gasteiger partial charge in [0.05, 0.1) is 16.8 Å². The summed E-state index contributed by atoms with van der Waals surface area (Å²) in [6.45, 7) is 2.10. The maximum absolute atomic E-state index is 6.30. The third-order valence-electron chi connectivity index (χ3n) is 3.19. The number of nitrogens with zero attached hydrogens (tertiary/aromatic N) is 2. The lowest BCUT2D eigenvalue weighted by molar-refractivity contribution is 0.581. The molecule has 0 fully saturated rings. The Kier molecular flexibility index (Phi) is 2.48. The first kappa shape index (κ1) is 11.7. The number of hydrogen-bond donors (Lipinski definition) is 1. The maximum Gasteiger partial charge on any atom is 0.196 e. The van der Waals surface area contributed by atoms with Crippen LogP contribution in [0.1, 0.15) is 4.88 Å². The van der Waals surface area contributed by atoms with Crippen molar-refractivity contribution in [2.45, 2.75) is 6.92 Å². The second-order valence-electron chi connectivity index (χ2n) is 4.43. The van der Waals surface area contributed by atoms with Crippen LogP contribution in [0.4, 0.5) is 5.82 Å². The Labute approximate surface area is 123 Å². The van der Waals surface area contributed by atoms with Crippen LogP contribution in [0.5, 0.6) is 0 Å². The van der Waals surface area contributed by atoms with Crippen LogP contribution >= 0.6 is 22.7 Å². The highest BCUT2D eigenvalue weighted by molar-refractivity contribution is 7.18. The number of nitrogen functional groups attached to an aromatic ring is 1. The lowest BCUT2D eigenvalue weighted by Gasteiger charge is -2.01. The van der Waals surface area contributed by atoms with Crippen molar-refractivity contribution >= 4 is 33.5 Å². The van der Waals surface area contributed by atoms with E-state index < -0.39 is 0 Å². The second-order valence-corrected chi connectivity index (χ2v) is 6.55. The number of furan rings is 1. The van der Waals surface area contributed by atoms with E-state index in [1.165, 1.54) is 9.75 Å². The lowest BCUT2D eigenvalue weighted by atomic mass is 10.3. The summed E-state index contributed by atoms with van der Waals surface area (Å²) in [7, 11) is 0. The highest BCUT2D eigenvalue weighted by Gasteiger charge is 2.20. The third kappa shape index (κ3) is 1.55. The molecule has 0 saturated heterocycles. The maximum atomic E-state index is 6.30. The summed E-state index contributed by atoms with van der Waals surface area (Å²) >= 11 is 3.35. The van der Waals surface area contributed by atoms with E-state index in [1.807, 2.05) is 22.6 Å². The fraction of sp³-hybridized carbons (Fsp3) is 0.0714. The Morgan fingerprint density at radius 1 is 1.30 bits per heavy atom. The molecule has 0 aliphatic heterocycles. The predicted molar refractivity (Wildman–Crippen MR) is 83.2 cm³/mol. The van der Waals surface area contributed by atoms with Gasteiger partial charge in [-0.15, -0.1) is 22.7 Å². The molecular formula is C14H11N3OS2. The smallest absolute Gasteiger partial charge is 0.196 e. The molecule has 0 aliphatic rings. The van der Waals surface area contributed by atoms with E-state index >= 15 is 0 Å². The van der Waals surface area contributed by atoms with Crippen molar-refractivity contribution in [3.05, 3.63) is 40.8 Å². The van der Waals surface area contributed by atoms with Crippen LogP contribution in [0.3, 0.4) is 0 Å². The van der Waals surface area contributed by atoms with Gasteiger partial charge in [0, 0.05) is 4.88 Å². The molecule has 0 saturated carbocycles. The van der Waals surface area contributed by atoms with E-state index in [0.29, 0.717) is 17.3 Å². The van der Waals surface area contributed by atoms with Gasteiger partial charge in [0.25, 0.3) is 0 Å². The minimum absolute atomic E-state index is 0.628. The van der Waals surface area contributed by atoms with Crippen molar-refractivity contribution in [1.29, 1.82) is 0 Å². The van der Waals surface area contributed by atoms with E-state index in [2.05, 4.69) is 23.4 Å². The van der Waals surface area contributed by atoms with Gasteiger partial charge in [0.2, 0.25) is 0 Å². The molecule has 4 aromatic rings. The topological polar surface area (TPSA) is 56.5 Å². The molecule has 0 amide bonds. The van der Waals surface area contributed by atoms with Crippen LogP contribution in [0.2, 0.25) is 0 Å². The Morgan fingerprint density at radius 3 is 2.90 bits per heavy atom. The predicted octanol–water partition coefficient (Wildman–Crippen LogP) is 4.27. The standard InChI is InChI=1S/C14H11N3OS2/c1-8-12(10-5-3-7-19-10)17-13(15)11(16-14(17)20-8)9-4-2-6-18-9/h2-7H,15H2,1H3. The minimum atomic E-state index is 0.628. The van der Waals surface area contributed by atoms with Crippen LogP contribution in [-0.4, -0.2) is 9.38 Å². The van der Waals surface area contributed by atoms with Crippen LogP contribution in [0.15, 0.2) is 40.3 Å². The van der Waals surface area contributed by atoms with Crippen molar-refractivity contribution in [2.75, 3.05) is 5.73 Å². The molecule has 0 spiro atoms.